The van der Waals surface area contributed by atoms with Gasteiger partial charge in [-0.2, -0.15) is 13.2 Å². The van der Waals surface area contributed by atoms with Gasteiger partial charge in [-0.25, -0.2) is 5.01 Å². The van der Waals surface area contributed by atoms with E-state index in [-0.39, 0.29) is 11.3 Å². The molecule has 2 amide bonds. The minimum Gasteiger partial charge on any atom is -0.493 e. The smallest absolute Gasteiger partial charge is 0.416 e. The van der Waals surface area contributed by atoms with E-state index in [0.717, 1.165) is 23.2 Å². The third-order valence-electron chi connectivity index (χ3n) is 4.04. The molecule has 28 heavy (non-hydrogen) atoms. The summed E-state index contributed by atoms with van der Waals surface area (Å²) in [4.78, 5) is 24.8. The summed E-state index contributed by atoms with van der Waals surface area (Å²) in [5.74, 6) is -0.619. The van der Waals surface area contributed by atoms with Crippen molar-refractivity contribution in [1.82, 2.24) is 5.43 Å². The van der Waals surface area contributed by atoms with Crippen LogP contribution in [0.5, 0.6) is 11.5 Å². The molecule has 0 bridgehead atoms. The van der Waals surface area contributed by atoms with Crippen molar-refractivity contribution in [1.29, 1.82) is 0 Å². The Hall–Kier alpha value is -3.49. The summed E-state index contributed by atoms with van der Waals surface area (Å²) < 4.78 is 49.0. The van der Waals surface area contributed by atoms with Gasteiger partial charge in [-0.3, -0.25) is 15.0 Å². The average Bonchev–Trinajstić information content (AvgIpc) is 2.95. The number of ether oxygens (including phenoxy) is 2. The van der Waals surface area contributed by atoms with E-state index in [1.165, 1.54) is 26.4 Å². The van der Waals surface area contributed by atoms with Gasteiger partial charge in [-0.1, -0.05) is 12.1 Å². The molecule has 1 aliphatic heterocycles. The van der Waals surface area contributed by atoms with Gasteiger partial charge in [0.25, 0.3) is 11.8 Å². The number of carbonyl (C=O) groups is 2. The monoisotopic (exact) mass is 392 g/mol. The van der Waals surface area contributed by atoms with Gasteiger partial charge < -0.3 is 9.47 Å². The molecule has 6 nitrogen and oxygen atoms in total. The average molecular weight is 392 g/mol. The Bertz CT molecular complexity index is 970. The van der Waals surface area contributed by atoms with Crippen molar-refractivity contribution in [3.05, 3.63) is 59.2 Å². The zero-order valence-electron chi connectivity index (χ0n) is 14.8. The molecule has 0 radical (unpaired) electrons. The van der Waals surface area contributed by atoms with Gasteiger partial charge in [0.1, 0.15) is 5.57 Å². The van der Waals surface area contributed by atoms with Gasteiger partial charge in [0.15, 0.2) is 11.5 Å². The molecule has 146 valence electrons. The molecule has 1 fully saturated rings. The Morgan fingerprint density at radius 2 is 1.71 bits per heavy atom. The first-order valence-corrected chi connectivity index (χ1v) is 8.01. The third kappa shape index (κ3) is 3.64. The number of hydrogen-bond donors (Lipinski definition) is 1. The van der Waals surface area contributed by atoms with E-state index in [1.54, 1.807) is 18.2 Å². The number of anilines is 1. The fraction of sp³-hybridized carbons (Fsp3) is 0.158. The number of hydrazine groups is 1. The van der Waals surface area contributed by atoms with Gasteiger partial charge >= 0.3 is 6.18 Å². The first-order valence-electron chi connectivity index (χ1n) is 8.01. The summed E-state index contributed by atoms with van der Waals surface area (Å²) in [6, 6.07) is 8.92. The van der Waals surface area contributed by atoms with E-state index in [0.29, 0.717) is 17.1 Å². The molecule has 1 heterocycles. The third-order valence-corrected chi connectivity index (χ3v) is 4.04. The number of halogens is 3. The van der Waals surface area contributed by atoms with Crippen molar-refractivity contribution in [3.63, 3.8) is 0 Å². The van der Waals surface area contributed by atoms with Crippen LogP contribution in [0.3, 0.4) is 0 Å². The molecule has 3 rings (SSSR count). The molecule has 0 aromatic heterocycles. The van der Waals surface area contributed by atoms with Crippen LogP contribution in [-0.4, -0.2) is 26.0 Å². The Balaban J connectivity index is 1.93. The molecule has 1 saturated heterocycles. The quantitative estimate of drug-likeness (QED) is 0.641. The summed E-state index contributed by atoms with van der Waals surface area (Å²) >= 11 is 0. The predicted octanol–water partition coefficient (Wildman–Crippen LogP) is 3.18. The lowest BCUT2D eigenvalue weighted by Crippen LogP contribution is -2.35. The van der Waals surface area contributed by atoms with E-state index >= 15 is 0 Å². The van der Waals surface area contributed by atoms with Crippen LogP contribution in [0, 0.1) is 0 Å². The fourth-order valence-electron chi connectivity index (χ4n) is 2.67. The van der Waals surface area contributed by atoms with Gasteiger partial charge in [0.05, 0.1) is 25.5 Å². The van der Waals surface area contributed by atoms with E-state index < -0.39 is 23.6 Å². The van der Waals surface area contributed by atoms with Crippen molar-refractivity contribution in [2.45, 2.75) is 6.18 Å². The SMILES string of the molecule is COc1ccc(C=C2C(=O)NN(c3cccc(C(F)(F)F)c3)C2=O)cc1OC. The van der Waals surface area contributed by atoms with Crippen LogP contribution >= 0.6 is 0 Å². The highest BCUT2D eigenvalue weighted by atomic mass is 19.4. The first kappa shape index (κ1) is 19.3. The normalized spacial score (nSPS) is 15.8. The lowest BCUT2D eigenvalue weighted by Gasteiger charge is -2.16. The highest BCUT2D eigenvalue weighted by Gasteiger charge is 2.36. The van der Waals surface area contributed by atoms with Crippen molar-refractivity contribution < 1.29 is 32.2 Å². The standard InChI is InChI=1S/C19H15F3N2O4/c1-27-15-7-6-11(9-16(15)28-2)8-14-17(25)23-24(18(14)26)13-5-3-4-12(10-13)19(20,21)22/h3-10H,1-2H3,(H,23,25). The zero-order valence-corrected chi connectivity index (χ0v) is 14.8. The summed E-state index contributed by atoms with van der Waals surface area (Å²) in [5, 5.41) is 0.782. The van der Waals surface area contributed by atoms with Crippen molar-refractivity contribution in [3.8, 4) is 11.5 Å². The maximum Gasteiger partial charge on any atom is 0.416 e. The maximum atomic E-state index is 12.9. The highest BCUT2D eigenvalue weighted by Crippen LogP contribution is 2.33. The van der Waals surface area contributed by atoms with Crippen LogP contribution in [0.15, 0.2) is 48.0 Å². The second-order valence-corrected chi connectivity index (χ2v) is 5.80. The second-order valence-electron chi connectivity index (χ2n) is 5.80. The molecular formula is C19H15F3N2O4. The van der Waals surface area contributed by atoms with Crippen LogP contribution < -0.4 is 19.9 Å². The largest absolute Gasteiger partial charge is 0.493 e. The number of hydrogen-bond acceptors (Lipinski definition) is 4. The summed E-state index contributed by atoms with van der Waals surface area (Å²) in [6.45, 7) is 0. The molecule has 1 N–H and O–H groups in total. The van der Waals surface area contributed by atoms with Crippen LogP contribution in [0.1, 0.15) is 11.1 Å². The summed E-state index contributed by atoms with van der Waals surface area (Å²) in [7, 11) is 2.91. The number of methoxy groups -OCH3 is 2. The molecule has 2 aromatic rings. The fourth-order valence-corrected chi connectivity index (χ4v) is 2.67. The van der Waals surface area contributed by atoms with Gasteiger partial charge in [0, 0.05) is 0 Å². The van der Waals surface area contributed by atoms with Crippen molar-refractivity contribution in [2.75, 3.05) is 19.2 Å². The second kappa shape index (κ2) is 7.26. The Morgan fingerprint density at radius 3 is 2.36 bits per heavy atom. The lowest BCUT2D eigenvalue weighted by atomic mass is 10.1. The Kier molecular flexibility index (Phi) is 5.00. The lowest BCUT2D eigenvalue weighted by molar-refractivity contribution is -0.137. The van der Waals surface area contributed by atoms with Crippen LogP contribution in [0.2, 0.25) is 0 Å². The molecule has 2 aromatic carbocycles. The highest BCUT2D eigenvalue weighted by molar-refractivity contribution is 6.31. The molecule has 0 saturated carbocycles. The van der Waals surface area contributed by atoms with Crippen LogP contribution in [0.25, 0.3) is 6.08 Å². The number of carbonyl (C=O) groups excluding carboxylic acids is 2. The molecule has 0 spiro atoms. The molecule has 0 atom stereocenters. The van der Waals surface area contributed by atoms with Crippen molar-refractivity contribution >= 4 is 23.6 Å². The van der Waals surface area contributed by atoms with Gasteiger partial charge in [0.2, 0.25) is 0 Å². The number of benzene rings is 2. The molecule has 0 aliphatic carbocycles. The van der Waals surface area contributed by atoms with E-state index in [4.69, 9.17) is 9.47 Å². The van der Waals surface area contributed by atoms with Crippen LogP contribution in [-0.2, 0) is 15.8 Å². The number of nitrogens with one attached hydrogen (secondary N) is 1. The molecule has 0 unspecified atom stereocenters. The Morgan fingerprint density at radius 1 is 1.00 bits per heavy atom. The van der Waals surface area contributed by atoms with Crippen molar-refractivity contribution in [2.24, 2.45) is 0 Å². The number of amides is 2. The van der Waals surface area contributed by atoms with Crippen LogP contribution in [0.4, 0.5) is 18.9 Å². The summed E-state index contributed by atoms with van der Waals surface area (Å²) in [6.07, 6.45) is -3.24. The zero-order chi connectivity index (χ0) is 20.5. The van der Waals surface area contributed by atoms with Gasteiger partial charge in [-0.05, 0) is 42.0 Å². The summed E-state index contributed by atoms with van der Waals surface area (Å²) in [5.41, 5.74) is 1.52. The predicted molar refractivity (Wildman–Crippen MR) is 94.6 cm³/mol. The molecule has 9 heteroatoms. The minimum atomic E-state index is -4.57. The first-order chi connectivity index (χ1) is 13.2. The van der Waals surface area contributed by atoms with E-state index in [9.17, 15) is 22.8 Å². The number of rotatable bonds is 4. The number of alkyl halides is 3. The Labute approximate surface area is 158 Å². The molecular weight excluding hydrogens is 377 g/mol. The topological polar surface area (TPSA) is 67.9 Å². The van der Waals surface area contributed by atoms with E-state index in [2.05, 4.69) is 5.43 Å². The molecule has 1 aliphatic rings. The van der Waals surface area contributed by atoms with E-state index in [1.807, 2.05) is 0 Å². The minimum absolute atomic E-state index is 0.0936. The van der Waals surface area contributed by atoms with Gasteiger partial charge in [-0.15, -0.1) is 0 Å². The number of nitrogens with zero attached hydrogens (tertiary/aromatic N) is 1. The maximum absolute atomic E-state index is 12.9.